The van der Waals surface area contributed by atoms with E-state index in [4.69, 9.17) is 4.74 Å². The summed E-state index contributed by atoms with van der Waals surface area (Å²) in [7, 11) is 4.12. The fourth-order valence-electron chi connectivity index (χ4n) is 3.85. The number of ether oxygens (including phenoxy) is 1. The fourth-order valence-corrected chi connectivity index (χ4v) is 3.85. The van der Waals surface area contributed by atoms with Gasteiger partial charge in [-0.2, -0.15) is 0 Å². The topological polar surface area (TPSA) is 48.6 Å². The molecule has 1 aromatic heterocycles. The molecule has 1 amide bonds. The van der Waals surface area contributed by atoms with Crippen LogP contribution in [-0.4, -0.2) is 67.6 Å². The van der Waals surface area contributed by atoms with Gasteiger partial charge in [0.15, 0.2) is 0 Å². The molecule has 2 aromatic rings. The molecular formula is C20H29N3O2. The van der Waals surface area contributed by atoms with Gasteiger partial charge in [0, 0.05) is 36.5 Å². The van der Waals surface area contributed by atoms with Gasteiger partial charge in [-0.3, -0.25) is 4.79 Å². The molecule has 2 heterocycles. The molecule has 0 bridgehead atoms. The maximum absolute atomic E-state index is 13.2. The third-order valence-corrected chi connectivity index (χ3v) is 4.97. The van der Waals surface area contributed by atoms with E-state index in [1.165, 1.54) is 11.1 Å². The van der Waals surface area contributed by atoms with Gasteiger partial charge in [-0.05, 0) is 52.1 Å². The van der Waals surface area contributed by atoms with Crippen molar-refractivity contribution in [3.63, 3.8) is 0 Å². The molecule has 25 heavy (non-hydrogen) atoms. The molecule has 1 fully saturated rings. The van der Waals surface area contributed by atoms with Crippen LogP contribution in [0.1, 0.15) is 27.2 Å². The van der Waals surface area contributed by atoms with E-state index in [-0.39, 0.29) is 5.91 Å². The second-order valence-corrected chi connectivity index (χ2v) is 7.58. The molecule has 1 aliphatic heterocycles. The minimum absolute atomic E-state index is 0.0833. The highest BCUT2D eigenvalue weighted by molar-refractivity contribution is 6.01. The van der Waals surface area contributed by atoms with Crippen LogP contribution >= 0.6 is 0 Å². The van der Waals surface area contributed by atoms with Gasteiger partial charge in [-0.25, -0.2) is 0 Å². The van der Waals surface area contributed by atoms with Crippen LogP contribution in [0.5, 0.6) is 0 Å². The number of H-pyrrole nitrogens is 1. The normalized spacial score (nSPS) is 18.8. The molecule has 3 rings (SSSR count). The number of carbonyl (C=O) groups is 1. The van der Waals surface area contributed by atoms with Crippen LogP contribution in [0.4, 0.5) is 0 Å². The van der Waals surface area contributed by atoms with Crippen LogP contribution < -0.4 is 0 Å². The number of benzene rings is 1. The summed E-state index contributed by atoms with van der Waals surface area (Å²) < 4.78 is 5.72. The Bertz CT molecular complexity index is 779. The van der Waals surface area contributed by atoms with Gasteiger partial charge < -0.3 is 19.5 Å². The molecule has 1 atom stereocenters. The second kappa shape index (κ2) is 7.18. The van der Waals surface area contributed by atoms with Crippen LogP contribution in [0.3, 0.4) is 0 Å². The van der Waals surface area contributed by atoms with Crippen molar-refractivity contribution in [2.24, 2.45) is 5.92 Å². The van der Waals surface area contributed by atoms with Crippen molar-refractivity contribution < 1.29 is 9.53 Å². The number of nitrogens with zero attached hydrogens (tertiary/aromatic N) is 2. The minimum Gasteiger partial charge on any atom is -0.379 e. The second-order valence-electron chi connectivity index (χ2n) is 7.58. The smallest absolute Gasteiger partial charge is 0.270 e. The lowest BCUT2D eigenvalue weighted by Crippen LogP contribution is -2.39. The largest absolute Gasteiger partial charge is 0.379 e. The predicted octanol–water partition coefficient (Wildman–Crippen LogP) is 2.74. The van der Waals surface area contributed by atoms with Gasteiger partial charge in [0.05, 0.1) is 13.2 Å². The van der Waals surface area contributed by atoms with E-state index >= 15 is 0 Å². The number of aromatic nitrogens is 1. The van der Waals surface area contributed by atoms with Crippen molar-refractivity contribution >= 4 is 16.8 Å². The molecule has 136 valence electrons. The third-order valence-electron chi connectivity index (χ3n) is 4.97. The standard InChI is InChI=1S/C20H29N3O2/c1-13-8-14(2)18-17(9-13)15(3)19(21-18)20(24)23-6-7-25-12-16(11-23)10-22(4)5/h8-9,16,21H,6-7,10-12H2,1-5H3. The van der Waals surface area contributed by atoms with Gasteiger partial charge in [0.1, 0.15) is 5.69 Å². The number of amides is 1. The van der Waals surface area contributed by atoms with E-state index in [2.05, 4.69) is 50.0 Å². The number of hydrogen-bond donors (Lipinski definition) is 1. The highest BCUT2D eigenvalue weighted by Gasteiger charge is 2.26. The number of aryl methyl sites for hydroxylation is 3. The summed E-state index contributed by atoms with van der Waals surface area (Å²) in [4.78, 5) is 20.7. The van der Waals surface area contributed by atoms with E-state index in [1.807, 2.05) is 11.8 Å². The lowest BCUT2D eigenvalue weighted by molar-refractivity contribution is 0.0729. The lowest BCUT2D eigenvalue weighted by Gasteiger charge is -2.25. The summed E-state index contributed by atoms with van der Waals surface area (Å²) >= 11 is 0. The van der Waals surface area contributed by atoms with Gasteiger partial charge in [-0.1, -0.05) is 11.6 Å². The molecule has 0 spiro atoms. The van der Waals surface area contributed by atoms with Crippen molar-refractivity contribution in [1.29, 1.82) is 0 Å². The molecule has 1 saturated heterocycles. The SMILES string of the molecule is Cc1cc(C)c2[nH]c(C(=O)N3CCOCC(CN(C)C)C3)c(C)c2c1. The molecule has 0 saturated carbocycles. The zero-order valence-electron chi connectivity index (χ0n) is 16.0. The van der Waals surface area contributed by atoms with E-state index in [0.29, 0.717) is 31.4 Å². The van der Waals surface area contributed by atoms with E-state index in [0.717, 1.165) is 29.6 Å². The van der Waals surface area contributed by atoms with E-state index in [9.17, 15) is 4.79 Å². The van der Waals surface area contributed by atoms with Crippen LogP contribution in [0, 0.1) is 26.7 Å². The molecule has 0 radical (unpaired) electrons. The van der Waals surface area contributed by atoms with Gasteiger partial charge in [0.25, 0.3) is 5.91 Å². The van der Waals surface area contributed by atoms with Gasteiger partial charge in [-0.15, -0.1) is 0 Å². The number of rotatable bonds is 3. The summed E-state index contributed by atoms with van der Waals surface area (Å²) in [5.74, 6) is 0.426. The zero-order chi connectivity index (χ0) is 18.1. The van der Waals surface area contributed by atoms with Crippen molar-refractivity contribution in [2.75, 3.05) is 46.9 Å². The molecule has 5 heteroatoms. The highest BCUT2D eigenvalue weighted by atomic mass is 16.5. The van der Waals surface area contributed by atoms with Crippen LogP contribution in [0.25, 0.3) is 10.9 Å². The quantitative estimate of drug-likeness (QED) is 0.932. The summed E-state index contributed by atoms with van der Waals surface area (Å²) in [6.07, 6.45) is 0. The van der Waals surface area contributed by atoms with Crippen molar-refractivity contribution in [3.8, 4) is 0 Å². The maximum atomic E-state index is 13.2. The first-order valence-electron chi connectivity index (χ1n) is 8.98. The fraction of sp³-hybridized carbons (Fsp3) is 0.550. The number of hydrogen-bond acceptors (Lipinski definition) is 3. The Balaban J connectivity index is 1.90. The number of aromatic amines is 1. The van der Waals surface area contributed by atoms with Crippen LogP contribution in [-0.2, 0) is 4.74 Å². The van der Waals surface area contributed by atoms with Crippen molar-refractivity contribution in [2.45, 2.75) is 20.8 Å². The highest BCUT2D eigenvalue weighted by Crippen LogP contribution is 2.27. The molecule has 1 N–H and O–H groups in total. The number of fused-ring (bicyclic) bond motifs is 1. The number of nitrogens with one attached hydrogen (secondary N) is 1. The maximum Gasteiger partial charge on any atom is 0.270 e. The Labute approximate surface area is 149 Å². The van der Waals surface area contributed by atoms with Gasteiger partial charge >= 0.3 is 0 Å². The van der Waals surface area contributed by atoms with E-state index in [1.54, 1.807) is 0 Å². The van der Waals surface area contributed by atoms with Crippen LogP contribution in [0.2, 0.25) is 0 Å². The minimum atomic E-state index is 0.0833. The first kappa shape index (κ1) is 18.0. The van der Waals surface area contributed by atoms with Crippen molar-refractivity contribution in [1.82, 2.24) is 14.8 Å². The first-order chi connectivity index (χ1) is 11.9. The average molecular weight is 343 g/mol. The van der Waals surface area contributed by atoms with Crippen LogP contribution in [0.15, 0.2) is 12.1 Å². The summed E-state index contributed by atoms with van der Waals surface area (Å²) in [5, 5.41) is 1.15. The Morgan fingerprint density at radius 1 is 1.32 bits per heavy atom. The summed E-state index contributed by atoms with van der Waals surface area (Å²) in [6, 6.07) is 4.31. The first-order valence-corrected chi connectivity index (χ1v) is 8.98. The average Bonchev–Trinajstić information content (AvgIpc) is 2.72. The molecule has 1 unspecified atom stereocenters. The predicted molar refractivity (Wildman–Crippen MR) is 101 cm³/mol. The zero-order valence-corrected chi connectivity index (χ0v) is 16.0. The summed E-state index contributed by atoms with van der Waals surface area (Å²) in [6.45, 7) is 9.85. The molecular weight excluding hydrogens is 314 g/mol. The lowest BCUT2D eigenvalue weighted by atomic mass is 10.1. The monoisotopic (exact) mass is 343 g/mol. The molecule has 5 nitrogen and oxygen atoms in total. The molecule has 1 aromatic carbocycles. The Morgan fingerprint density at radius 3 is 2.80 bits per heavy atom. The van der Waals surface area contributed by atoms with Gasteiger partial charge in [0.2, 0.25) is 0 Å². The Kier molecular flexibility index (Phi) is 5.16. The molecule has 1 aliphatic rings. The van der Waals surface area contributed by atoms with Crippen molar-refractivity contribution in [3.05, 3.63) is 34.5 Å². The Morgan fingerprint density at radius 2 is 2.08 bits per heavy atom. The number of carbonyl (C=O) groups excluding carboxylic acids is 1. The summed E-state index contributed by atoms with van der Waals surface area (Å²) in [5.41, 5.74) is 5.24. The molecule has 0 aliphatic carbocycles. The van der Waals surface area contributed by atoms with E-state index < -0.39 is 0 Å². The Hall–Kier alpha value is -1.85. The third kappa shape index (κ3) is 3.72.